The van der Waals surface area contributed by atoms with E-state index in [1.165, 1.54) is 6.42 Å². The maximum Gasteiger partial charge on any atom is 0.0587 e. The standard InChI is InChI=1S/C13H20N2O/c1-2-11-5-3-6-12(14-11)9-15-8-4-7-13(15)10-16/h3,5-6,13,16H,2,4,7-10H2,1H3. The molecule has 1 atom stereocenters. The Morgan fingerprint density at radius 2 is 2.25 bits per heavy atom. The van der Waals surface area contributed by atoms with Gasteiger partial charge in [-0.2, -0.15) is 0 Å². The van der Waals surface area contributed by atoms with Crippen molar-refractivity contribution in [3.63, 3.8) is 0 Å². The fourth-order valence-corrected chi connectivity index (χ4v) is 2.33. The van der Waals surface area contributed by atoms with Crippen LogP contribution < -0.4 is 0 Å². The van der Waals surface area contributed by atoms with E-state index in [2.05, 4.69) is 35.0 Å². The molecule has 1 N–H and O–H groups in total. The molecule has 1 aromatic heterocycles. The number of rotatable bonds is 4. The summed E-state index contributed by atoms with van der Waals surface area (Å²) in [5, 5.41) is 9.25. The van der Waals surface area contributed by atoms with Gasteiger partial charge in [-0.25, -0.2) is 0 Å². The molecule has 3 heteroatoms. The first-order valence-electron chi connectivity index (χ1n) is 6.13. The van der Waals surface area contributed by atoms with Crippen LogP contribution in [0, 0.1) is 0 Å². The molecular weight excluding hydrogens is 200 g/mol. The van der Waals surface area contributed by atoms with Gasteiger partial charge in [-0.15, -0.1) is 0 Å². The molecule has 1 aliphatic rings. The molecule has 1 saturated heterocycles. The molecule has 0 spiro atoms. The lowest BCUT2D eigenvalue weighted by atomic mass is 10.2. The molecule has 0 aromatic carbocycles. The predicted octanol–water partition coefficient (Wildman–Crippen LogP) is 1.60. The number of aliphatic hydroxyl groups is 1. The molecule has 16 heavy (non-hydrogen) atoms. The van der Waals surface area contributed by atoms with Gasteiger partial charge >= 0.3 is 0 Å². The summed E-state index contributed by atoms with van der Waals surface area (Å²) in [6, 6.07) is 6.56. The quantitative estimate of drug-likeness (QED) is 0.837. The molecule has 1 aromatic rings. The SMILES string of the molecule is CCc1cccc(CN2CCCC2CO)n1. The summed E-state index contributed by atoms with van der Waals surface area (Å²) >= 11 is 0. The number of pyridine rings is 1. The maximum atomic E-state index is 9.25. The molecule has 0 bridgehead atoms. The molecule has 1 aliphatic heterocycles. The zero-order valence-corrected chi connectivity index (χ0v) is 9.89. The summed E-state index contributed by atoms with van der Waals surface area (Å²) in [6.07, 6.45) is 3.29. The fraction of sp³-hybridized carbons (Fsp3) is 0.615. The van der Waals surface area contributed by atoms with Crippen molar-refractivity contribution in [3.05, 3.63) is 29.6 Å². The smallest absolute Gasteiger partial charge is 0.0587 e. The molecule has 0 amide bonds. The highest BCUT2D eigenvalue weighted by Crippen LogP contribution is 2.18. The van der Waals surface area contributed by atoms with Crippen LogP contribution in [-0.4, -0.2) is 34.2 Å². The van der Waals surface area contributed by atoms with Crippen molar-refractivity contribution in [3.8, 4) is 0 Å². The Labute approximate surface area is 97.1 Å². The van der Waals surface area contributed by atoms with E-state index in [0.29, 0.717) is 6.04 Å². The van der Waals surface area contributed by atoms with Crippen LogP contribution >= 0.6 is 0 Å². The average Bonchev–Trinajstić information content (AvgIpc) is 2.76. The summed E-state index contributed by atoms with van der Waals surface area (Å²) in [6.45, 7) is 4.36. The summed E-state index contributed by atoms with van der Waals surface area (Å²) in [4.78, 5) is 6.94. The van der Waals surface area contributed by atoms with Gasteiger partial charge in [0.25, 0.3) is 0 Å². The minimum atomic E-state index is 0.271. The van der Waals surface area contributed by atoms with Crippen molar-refractivity contribution in [2.45, 2.75) is 38.8 Å². The van der Waals surface area contributed by atoms with Gasteiger partial charge in [0.1, 0.15) is 0 Å². The summed E-state index contributed by atoms with van der Waals surface area (Å²) in [5.41, 5.74) is 2.27. The largest absolute Gasteiger partial charge is 0.395 e. The van der Waals surface area contributed by atoms with Crippen LogP contribution in [0.15, 0.2) is 18.2 Å². The van der Waals surface area contributed by atoms with E-state index in [1.54, 1.807) is 0 Å². The number of hydrogen-bond acceptors (Lipinski definition) is 3. The van der Waals surface area contributed by atoms with E-state index < -0.39 is 0 Å². The second kappa shape index (κ2) is 5.41. The molecule has 1 unspecified atom stereocenters. The van der Waals surface area contributed by atoms with Crippen LogP contribution in [0.3, 0.4) is 0 Å². The molecule has 88 valence electrons. The minimum absolute atomic E-state index is 0.271. The lowest BCUT2D eigenvalue weighted by Gasteiger charge is -2.22. The van der Waals surface area contributed by atoms with E-state index in [-0.39, 0.29) is 6.61 Å². The summed E-state index contributed by atoms with van der Waals surface area (Å²) in [5.74, 6) is 0. The van der Waals surface area contributed by atoms with Gasteiger partial charge in [-0.05, 0) is 37.9 Å². The van der Waals surface area contributed by atoms with E-state index >= 15 is 0 Å². The van der Waals surface area contributed by atoms with Gasteiger partial charge in [-0.1, -0.05) is 13.0 Å². The van der Waals surface area contributed by atoms with Gasteiger partial charge in [0, 0.05) is 18.3 Å². The highest BCUT2D eigenvalue weighted by molar-refractivity contribution is 5.11. The van der Waals surface area contributed by atoms with Crippen molar-refractivity contribution < 1.29 is 5.11 Å². The number of hydrogen-bond donors (Lipinski definition) is 1. The normalized spacial score (nSPS) is 21.5. The third kappa shape index (κ3) is 2.60. The molecule has 1 fully saturated rings. The number of aromatic nitrogens is 1. The fourth-order valence-electron chi connectivity index (χ4n) is 2.33. The van der Waals surface area contributed by atoms with Crippen LogP contribution in [0.2, 0.25) is 0 Å². The summed E-state index contributed by atoms with van der Waals surface area (Å²) in [7, 11) is 0. The highest BCUT2D eigenvalue weighted by atomic mass is 16.3. The first kappa shape index (κ1) is 11.6. The number of aryl methyl sites for hydroxylation is 1. The number of likely N-dealkylation sites (tertiary alicyclic amines) is 1. The van der Waals surface area contributed by atoms with Crippen LogP contribution in [0.1, 0.15) is 31.2 Å². The van der Waals surface area contributed by atoms with Gasteiger partial charge in [0.15, 0.2) is 0 Å². The van der Waals surface area contributed by atoms with Gasteiger partial charge in [-0.3, -0.25) is 9.88 Å². The molecular formula is C13H20N2O. The third-order valence-electron chi connectivity index (χ3n) is 3.30. The first-order chi connectivity index (χ1) is 7.83. The number of nitrogens with zero attached hydrogens (tertiary/aromatic N) is 2. The molecule has 0 radical (unpaired) electrons. The van der Waals surface area contributed by atoms with Crippen LogP contribution in [-0.2, 0) is 13.0 Å². The number of aliphatic hydroxyl groups excluding tert-OH is 1. The van der Waals surface area contributed by atoms with Crippen LogP contribution in [0.4, 0.5) is 0 Å². The molecule has 3 nitrogen and oxygen atoms in total. The van der Waals surface area contributed by atoms with Gasteiger partial charge < -0.3 is 5.11 Å². The Hall–Kier alpha value is -0.930. The van der Waals surface area contributed by atoms with Crippen molar-refractivity contribution in [1.29, 1.82) is 0 Å². The van der Waals surface area contributed by atoms with Crippen molar-refractivity contribution in [2.24, 2.45) is 0 Å². The molecule has 0 aliphatic carbocycles. The van der Waals surface area contributed by atoms with E-state index in [0.717, 1.165) is 37.3 Å². The molecule has 0 saturated carbocycles. The van der Waals surface area contributed by atoms with E-state index in [1.807, 2.05) is 0 Å². The molecule has 2 rings (SSSR count). The second-order valence-electron chi connectivity index (χ2n) is 4.42. The predicted molar refractivity (Wildman–Crippen MR) is 64.1 cm³/mol. The average molecular weight is 220 g/mol. The van der Waals surface area contributed by atoms with Crippen LogP contribution in [0.5, 0.6) is 0 Å². The topological polar surface area (TPSA) is 36.4 Å². The van der Waals surface area contributed by atoms with E-state index in [9.17, 15) is 5.11 Å². The Kier molecular flexibility index (Phi) is 3.91. The van der Waals surface area contributed by atoms with Gasteiger partial charge in [0.05, 0.1) is 12.3 Å². The van der Waals surface area contributed by atoms with Crippen molar-refractivity contribution in [2.75, 3.05) is 13.2 Å². The van der Waals surface area contributed by atoms with Crippen molar-refractivity contribution >= 4 is 0 Å². The lowest BCUT2D eigenvalue weighted by Crippen LogP contribution is -2.31. The zero-order valence-electron chi connectivity index (χ0n) is 9.89. The van der Waals surface area contributed by atoms with Crippen LogP contribution in [0.25, 0.3) is 0 Å². The van der Waals surface area contributed by atoms with E-state index in [4.69, 9.17) is 0 Å². The highest BCUT2D eigenvalue weighted by Gasteiger charge is 2.23. The summed E-state index contributed by atoms with van der Waals surface area (Å²) < 4.78 is 0. The van der Waals surface area contributed by atoms with Gasteiger partial charge in [0.2, 0.25) is 0 Å². The Morgan fingerprint density at radius 1 is 1.44 bits per heavy atom. The maximum absolute atomic E-state index is 9.25. The lowest BCUT2D eigenvalue weighted by molar-refractivity contribution is 0.152. The Balaban J connectivity index is 2.02. The Morgan fingerprint density at radius 3 is 3.00 bits per heavy atom. The second-order valence-corrected chi connectivity index (χ2v) is 4.42. The monoisotopic (exact) mass is 220 g/mol. The van der Waals surface area contributed by atoms with Crippen molar-refractivity contribution in [1.82, 2.24) is 9.88 Å². The minimum Gasteiger partial charge on any atom is -0.395 e. The zero-order chi connectivity index (χ0) is 11.4. The Bertz CT molecular complexity index is 340. The third-order valence-corrected chi connectivity index (χ3v) is 3.30. The first-order valence-corrected chi connectivity index (χ1v) is 6.13. The molecule has 2 heterocycles.